The molecule has 0 atom stereocenters. The number of methoxy groups -OCH3 is 1. The van der Waals surface area contributed by atoms with E-state index in [4.69, 9.17) is 0 Å². The highest BCUT2D eigenvalue weighted by atomic mass is 19.4. The summed E-state index contributed by atoms with van der Waals surface area (Å²) in [5, 5.41) is 0. The van der Waals surface area contributed by atoms with Gasteiger partial charge in [-0.2, -0.15) is 13.2 Å². The highest BCUT2D eigenvalue weighted by Crippen LogP contribution is 2.35. The van der Waals surface area contributed by atoms with E-state index in [1.807, 2.05) is 0 Å². The van der Waals surface area contributed by atoms with Crippen molar-refractivity contribution in [2.75, 3.05) is 7.11 Å². The summed E-state index contributed by atoms with van der Waals surface area (Å²) >= 11 is 0. The van der Waals surface area contributed by atoms with Crippen LogP contribution in [-0.4, -0.2) is 12.1 Å². The molecule has 0 aliphatic carbocycles. The standard InChI is InChI=1S/C7H5F4NO/c1-13-5-4(8)2-3-12-6(5)7(9,10)11/h2-3H,1H3. The quantitative estimate of drug-likeness (QED) is 0.641. The molecule has 0 amide bonds. The van der Waals surface area contributed by atoms with E-state index in [0.29, 0.717) is 0 Å². The Hall–Kier alpha value is -1.33. The van der Waals surface area contributed by atoms with E-state index in [-0.39, 0.29) is 0 Å². The normalized spacial score (nSPS) is 11.5. The maximum absolute atomic E-state index is 12.7. The van der Waals surface area contributed by atoms with Crippen molar-refractivity contribution in [3.8, 4) is 5.75 Å². The van der Waals surface area contributed by atoms with Gasteiger partial charge in [0.05, 0.1) is 7.11 Å². The Morgan fingerprint density at radius 3 is 2.38 bits per heavy atom. The minimum Gasteiger partial charge on any atom is -0.492 e. The molecule has 0 saturated carbocycles. The van der Waals surface area contributed by atoms with Gasteiger partial charge in [-0.3, -0.25) is 0 Å². The molecule has 0 spiro atoms. The lowest BCUT2D eigenvalue weighted by Crippen LogP contribution is -2.11. The Morgan fingerprint density at radius 2 is 2.00 bits per heavy atom. The van der Waals surface area contributed by atoms with Crippen LogP contribution in [0.2, 0.25) is 0 Å². The van der Waals surface area contributed by atoms with Crippen molar-refractivity contribution in [1.82, 2.24) is 4.98 Å². The van der Waals surface area contributed by atoms with Crippen LogP contribution in [0.3, 0.4) is 0 Å². The summed E-state index contributed by atoms with van der Waals surface area (Å²) in [4.78, 5) is 2.99. The average Bonchev–Trinajstić information content (AvgIpc) is 2.02. The number of nitrogens with zero attached hydrogens (tertiary/aromatic N) is 1. The first-order chi connectivity index (χ1) is 5.96. The lowest BCUT2D eigenvalue weighted by atomic mass is 10.3. The van der Waals surface area contributed by atoms with Gasteiger partial charge in [-0.1, -0.05) is 0 Å². The molecule has 1 heterocycles. The zero-order valence-electron chi connectivity index (χ0n) is 6.52. The van der Waals surface area contributed by atoms with Crippen molar-refractivity contribution in [2.45, 2.75) is 6.18 Å². The van der Waals surface area contributed by atoms with Crippen molar-refractivity contribution < 1.29 is 22.3 Å². The third-order valence-electron chi connectivity index (χ3n) is 1.33. The number of hydrogen-bond donors (Lipinski definition) is 0. The first-order valence-electron chi connectivity index (χ1n) is 3.22. The fraction of sp³-hybridized carbons (Fsp3) is 0.286. The second-order valence-corrected chi connectivity index (χ2v) is 2.17. The van der Waals surface area contributed by atoms with Crippen molar-refractivity contribution in [3.63, 3.8) is 0 Å². The monoisotopic (exact) mass is 195 g/mol. The fourth-order valence-electron chi connectivity index (χ4n) is 0.821. The molecular weight excluding hydrogens is 190 g/mol. The molecule has 1 aromatic heterocycles. The summed E-state index contributed by atoms with van der Waals surface area (Å²) in [6.45, 7) is 0. The van der Waals surface area contributed by atoms with Crippen LogP contribution in [0.1, 0.15) is 5.69 Å². The van der Waals surface area contributed by atoms with Crippen molar-refractivity contribution in [1.29, 1.82) is 0 Å². The average molecular weight is 195 g/mol. The van der Waals surface area contributed by atoms with Gasteiger partial charge in [-0.15, -0.1) is 0 Å². The number of rotatable bonds is 1. The molecule has 0 radical (unpaired) electrons. The topological polar surface area (TPSA) is 22.1 Å². The molecule has 0 saturated heterocycles. The smallest absolute Gasteiger partial charge is 0.437 e. The summed E-state index contributed by atoms with van der Waals surface area (Å²) in [7, 11) is 0.954. The molecule has 0 fully saturated rings. The second kappa shape index (κ2) is 3.20. The van der Waals surface area contributed by atoms with Crippen LogP contribution >= 0.6 is 0 Å². The number of alkyl halides is 3. The van der Waals surface area contributed by atoms with E-state index >= 15 is 0 Å². The SMILES string of the molecule is COc1c(F)ccnc1C(F)(F)F. The largest absolute Gasteiger partial charge is 0.492 e. The van der Waals surface area contributed by atoms with E-state index in [1.165, 1.54) is 0 Å². The Bertz CT molecular complexity index is 310. The summed E-state index contributed by atoms with van der Waals surface area (Å²) in [5.74, 6) is -1.96. The number of hydrogen-bond acceptors (Lipinski definition) is 2. The van der Waals surface area contributed by atoms with Crippen molar-refractivity contribution in [2.24, 2.45) is 0 Å². The Kier molecular flexibility index (Phi) is 2.40. The molecule has 0 aromatic carbocycles. The summed E-state index contributed by atoms with van der Waals surface area (Å²) in [6, 6.07) is 0.800. The fourth-order valence-corrected chi connectivity index (χ4v) is 0.821. The third-order valence-corrected chi connectivity index (χ3v) is 1.33. The minimum atomic E-state index is -4.70. The number of ether oxygens (including phenoxy) is 1. The highest BCUT2D eigenvalue weighted by molar-refractivity contribution is 5.30. The maximum Gasteiger partial charge on any atom is 0.437 e. The highest BCUT2D eigenvalue weighted by Gasteiger charge is 2.37. The van der Waals surface area contributed by atoms with Gasteiger partial charge < -0.3 is 4.74 Å². The lowest BCUT2D eigenvalue weighted by molar-refractivity contribution is -0.142. The molecule has 1 rings (SSSR count). The van der Waals surface area contributed by atoms with Crippen LogP contribution in [0.4, 0.5) is 17.6 Å². The summed E-state index contributed by atoms with van der Waals surface area (Å²) in [5.41, 5.74) is -1.35. The van der Waals surface area contributed by atoms with E-state index in [0.717, 1.165) is 19.4 Å². The Morgan fingerprint density at radius 1 is 1.38 bits per heavy atom. The lowest BCUT2D eigenvalue weighted by Gasteiger charge is -2.10. The van der Waals surface area contributed by atoms with Gasteiger partial charge in [-0.25, -0.2) is 9.37 Å². The van der Waals surface area contributed by atoms with Crippen LogP contribution in [0.25, 0.3) is 0 Å². The van der Waals surface area contributed by atoms with Gasteiger partial charge in [0.15, 0.2) is 17.3 Å². The van der Waals surface area contributed by atoms with Crippen LogP contribution < -0.4 is 4.74 Å². The second-order valence-electron chi connectivity index (χ2n) is 2.17. The number of aromatic nitrogens is 1. The predicted octanol–water partition coefficient (Wildman–Crippen LogP) is 2.25. The number of pyridine rings is 1. The Labute approximate surface area is 71.2 Å². The van der Waals surface area contributed by atoms with Gasteiger partial charge in [0.1, 0.15) is 0 Å². The number of halogens is 4. The zero-order chi connectivity index (χ0) is 10.1. The maximum atomic E-state index is 12.7. The Balaban J connectivity index is 3.29. The van der Waals surface area contributed by atoms with Gasteiger partial charge >= 0.3 is 6.18 Å². The van der Waals surface area contributed by atoms with Crippen LogP contribution in [0, 0.1) is 5.82 Å². The first-order valence-corrected chi connectivity index (χ1v) is 3.22. The molecule has 0 N–H and O–H groups in total. The van der Waals surface area contributed by atoms with Gasteiger partial charge in [-0.05, 0) is 6.07 Å². The molecule has 0 unspecified atom stereocenters. The van der Waals surface area contributed by atoms with E-state index in [2.05, 4.69) is 9.72 Å². The molecule has 0 aliphatic rings. The molecule has 13 heavy (non-hydrogen) atoms. The molecule has 1 aromatic rings. The van der Waals surface area contributed by atoms with Gasteiger partial charge in [0.2, 0.25) is 0 Å². The summed E-state index contributed by atoms with van der Waals surface area (Å²) < 4.78 is 53.3. The zero-order valence-corrected chi connectivity index (χ0v) is 6.52. The molecule has 6 heteroatoms. The molecule has 0 bridgehead atoms. The van der Waals surface area contributed by atoms with Crippen LogP contribution in [0.5, 0.6) is 5.75 Å². The molecule has 72 valence electrons. The predicted molar refractivity (Wildman–Crippen MR) is 35.7 cm³/mol. The van der Waals surface area contributed by atoms with Crippen molar-refractivity contribution >= 4 is 0 Å². The van der Waals surface area contributed by atoms with E-state index in [9.17, 15) is 17.6 Å². The van der Waals surface area contributed by atoms with Gasteiger partial charge in [0.25, 0.3) is 0 Å². The van der Waals surface area contributed by atoms with Gasteiger partial charge in [0, 0.05) is 6.20 Å². The van der Waals surface area contributed by atoms with Crippen LogP contribution in [0.15, 0.2) is 12.3 Å². The first kappa shape index (κ1) is 9.76. The summed E-state index contributed by atoms with van der Waals surface area (Å²) in [6.07, 6.45) is -3.96. The van der Waals surface area contributed by atoms with E-state index < -0.39 is 23.4 Å². The van der Waals surface area contributed by atoms with Crippen molar-refractivity contribution in [3.05, 3.63) is 23.8 Å². The van der Waals surface area contributed by atoms with Crippen LogP contribution in [-0.2, 0) is 6.18 Å². The molecule has 2 nitrogen and oxygen atoms in total. The molecule has 0 aliphatic heterocycles. The molecular formula is C7H5F4NO. The third kappa shape index (κ3) is 1.88. The van der Waals surface area contributed by atoms with E-state index in [1.54, 1.807) is 0 Å². The minimum absolute atomic E-state index is 0.737.